The van der Waals surface area contributed by atoms with Gasteiger partial charge < -0.3 is 19.9 Å². The van der Waals surface area contributed by atoms with Crippen molar-refractivity contribution in [2.75, 3.05) is 14.2 Å². The number of oxime groups is 2. The second-order valence-corrected chi connectivity index (χ2v) is 5.23. The molecule has 2 N–H and O–H groups in total. The molecule has 2 aromatic rings. The molecule has 0 aliphatic rings. The van der Waals surface area contributed by atoms with E-state index in [4.69, 9.17) is 19.9 Å². The van der Waals surface area contributed by atoms with Gasteiger partial charge in [-0.15, -0.1) is 0 Å². The summed E-state index contributed by atoms with van der Waals surface area (Å²) in [4.78, 5) is 0. The first-order valence-electron chi connectivity index (χ1n) is 8.34. The van der Waals surface area contributed by atoms with E-state index < -0.39 is 0 Å². The van der Waals surface area contributed by atoms with Gasteiger partial charge in [0.1, 0.15) is 11.5 Å². The Balaban J connectivity index is 0.000000260. The lowest BCUT2D eigenvalue weighted by atomic mass is 10.1. The van der Waals surface area contributed by atoms with Crippen LogP contribution in [0.1, 0.15) is 37.8 Å². The van der Waals surface area contributed by atoms with Crippen LogP contribution < -0.4 is 9.47 Å². The highest BCUT2D eigenvalue weighted by molar-refractivity contribution is 6.02. The molecular weight excluding hydrogens is 332 g/mol. The van der Waals surface area contributed by atoms with Crippen LogP contribution in [0, 0.1) is 0 Å². The second-order valence-electron chi connectivity index (χ2n) is 5.23. The average molecular weight is 358 g/mol. The second kappa shape index (κ2) is 11.5. The van der Waals surface area contributed by atoms with Crippen molar-refractivity contribution in [2.24, 2.45) is 10.3 Å². The van der Waals surface area contributed by atoms with E-state index in [1.54, 1.807) is 14.2 Å². The standard InChI is InChI=1S/2C10H13NO2/c1-3-10(11-12)8-5-4-6-9(7-8)13-2;1-3-9(11-12)8-6-4-5-7-10(8)13-2/h2*4-7,12H,3H2,1-2H3. The molecule has 0 saturated heterocycles. The maximum Gasteiger partial charge on any atom is 0.128 e. The highest BCUT2D eigenvalue weighted by atomic mass is 16.5. The molecule has 26 heavy (non-hydrogen) atoms. The van der Waals surface area contributed by atoms with Gasteiger partial charge in [-0.2, -0.15) is 0 Å². The Morgan fingerprint density at radius 2 is 1.50 bits per heavy atom. The van der Waals surface area contributed by atoms with Crippen LogP contribution in [0.15, 0.2) is 58.8 Å². The quantitative estimate of drug-likeness (QED) is 0.450. The van der Waals surface area contributed by atoms with E-state index in [0.29, 0.717) is 24.3 Å². The number of benzene rings is 2. The van der Waals surface area contributed by atoms with Crippen molar-refractivity contribution in [3.63, 3.8) is 0 Å². The van der Waals surface area contributed by atoms with E-state index in [0.717, 1.165) is 22.6 Å². The summed E-state index contributed by atoms with van der Waals surface area (Å²) in [5.74, 6) is 1.50. The average Bonchev–Trinajstić information content (AvgIpc) is 2.71. The third-order valence-corrected chi connectivity index (χ3v) is 3.73. The van der Waals surface area contributed by atoms with E-state index in [-0.39, 0.29) is 0 Å². The van der Waals surface area contributed by atoms with E-state index in [9.17, 15) is 0 Å². The number of methoxy groups -OCH3 is 2. The molecule has 0 fully saturated rings. The summed E-state index contributed by atoms with van der Waals surface area (Å²) in [7, 11) is 3.21. The van der Waals surface area contributed by atoms with Gasteiger partial charge in [0.2, 0.25) is 0 Å². The number of hydrogen-bond donors (Lipinski definition) is 2. The molecule has 6 heteroatoms. The molecule has 0 aliphatic heterocycles. The van der Waals surface area contributed by atoms with Gasteiger partial charge in [-0.3, -0.25) is 0 Å². The molecule has 2 aromatic carbocycles. The third-order valence-electron chi connectivity index (χ3n) is 3.73. The summed E-state index contributed by atoms with van der Waals surface area (Å²) in [5.41, 5.74) is 3.04. The molecule has 0 amide bonds. The third kappa shape index (κ3) is 5.81. The minimum absolute atomic E-state index is 0.637. The van der Waals surface area contributed by atoms with Crippen LogP contribution in [0.5, 0.6) is 11.5 Å². The van der Waals surface area contributed by atoms with Crippen molar-refractivity contribution in [1.82, 2.24) is 0 Å². The van der Waals surface area contributed by atoms with Gasteiger partial charge >= 0.3 is 0 Å². The Morgan fingerprint density at radius 1 is 0.846 bits per heavy atom. The first kappa shape index (κ1) is 21.0. The molecule has 0 radical (unpaired) electrons. The number of para-hydroxylation sites is 1. The molecule has 0 heterocycles. The molecule has 140 valence electrons. The van der Waals surface area contributed by atoms with Gasteiger partial charge in [-0.1, -0.05) is 48.4 Å². The van der Waals surface area contributed by atoms with Gasteiger partial charge in [-0.25, -0.2) is 0 Å². The Hall–Kier alpha value is -3.02. The molecule has 0 bridgehead atoms. The van der Waals surface area contributed by atoms with E-state index in [1.807, 2.05) is 62.4 Å². The number of nitrogens with zero attached hydrogens (tertiary/aromatic N) is 2. The van der Waals surface area contributed by atoms with Crippen molar-refractivity contribution < 1.29 is 19.9 Å². The van der Waals surface area contributed by atoms with Crippen LogP contribution in [0.2, 0.25) is 0 Å². The SMILES string of the molecule is CCC(=NO)c1cccc(OC)c1.CCC(=NO)c1ccccc1OC. The van der Waals surface area contributed by atoms with Crippen molar-refractivity contribution in [3.05, 3.63) is 59.7 Å². The molecule has 0 spiro atoms. The van der Waals surface area contributed by atoms with E-state index >= 15 is 0 Å². The Labute approximate surface area is 154 Å². The van der Waals surface area contributed by atoms with Crippen molar-refractivity contribution in [2.45, 2.75) is 26.7 Å². The fraction of sp³-hybridized carbons (Fsp3) is 0.300. The van der Waals surface area contributed by atoms with E-state index in [2.05, 4.69) is 10.3 Å². The van der Waals surface area contributed by atoms with Crippen LogP contribution in [0.25, 0.3) is 0 Å². The van der Waals surface area contributed by atoms with Crippen LogP contribution >= 0.6 is 0 Å². The molecule has 0 saturated carbocycles. The van der Waals surface area contributed by atoms with Crippen molar-refractivity contribution in [3.8, 4) is 11.5 Å². The summed E-state index contributed by atoms with van der Waals surface area (Å²) >= 11 is 0. The number of ether oxygens (including phenoxy) is 2. The predicted molar refractivity (Wildman–Crippen MR) is 103 cm³/mol. The first-order chi connectivity index (χ1) is 12.6. The van der Waals surface area contributed by atoms with Crippen LogP contribution in [0.3, 0.4) is 0 Å². The van der Waals surface area contributed by atoms with Gasteiger partial charge in [-0.05, 0) is 37.1 Å². The first-order valence-corrected chi connectivity index (χ1v) is 8.34. The molecule has 0 aliphatic carbocycles. The lowest BCUT2D eigenvalue weighted by molar-refractivity contribution is 0.317. The zero-order valence-corrected chi connectivity index (χ0v) is 15.6. The Morgan fingerprint density at radius 3 is 2.04 bits per heavy atom. The normalized spacial score (nSPS) is 11.4. The molecule has 0 aromatic heterocycles. The minimum atomic E-state index is 0.637. The highest BCUT2D eigenvalue weighted by Crippen LogP contribution is 2.19. The van der Waals surface area contributed by atoms with Crippen molar-refractivity contribution >= 4 is 11.4 Å². The van der Waals surface area contributed by atoms with Gasteiger partial charge in [0.05, 0.1) is 25.6 Å². The number of rotatable bonds is 6. The lowest BCUT2D eigenvalue weighted by Crippen LogP contribution is -2.01. The molecule has 2 rings (SSSR count). The Bertz CT molecular complexity index is 742. The van der Waals surface area contributed by atoms with Crippen LogP contribution in [-0.4, -0.2) is 36.1 Å². The fourth-order valence-electron chi connectivity index (χ4n) is 2.33. The fourth-order valence-corrected chi connectivity index (χ4v) is 2.33. The summed E-state index contributed by atoms with van der Waals surface area (Å²) in [6, 6.07) is 14.9. The van der Waals surface area contributed by atoms with E-state index in [1.165, 1.54) is 0 Å². The summed E-state index contributed by atoms with van der Waals surface area (Å²) in [6.45, 7) is 3.87. The molecule has 6 nitrogen and oxygen atoms in total. The van der Waals surface area contributed by atoms with Crippen molar-refractivity contribution in [1.29, 1.82) is 0 Å². The summed E-state index contributed by atoms with van der Waals surface area (Å²) in [6.07, 6.45) is 1.38. The molecular formula is C20H26N2O4. The zero-order valence-electron chi connectivity index (χ0n) is 15.6. The minimum Gasteiger partial charge on any atom is -0.497 e. The maximum absolute atomic E-state index is 8.73. The monoisotopic (exact) mass is 358 g/mol. The topological polar surface area (TPSA) is 83.6 Å². The van der Waals surface area contributed by atoms with Gasteiger partial charge in [0.15, 0.2) is 0 Å². The Kier molecular flexibility index (Phi) is 9.31. The molecule has 0 atom stereocenters. The van der Waals surface area contributed by atoms with Crippen LogP contribution in [0.4, 0.5) is 0 Å². The predicted octanol–water partition coefficient (Wildman–Crippen LogP) is 4.57. The maximum atomic E-state index is 8.73. The van der Waals surface area contributed by atoms with Gasteiger partial charge in [0.25, 0.3) is 0 Å². The molecule has 0 unspecified atom stereocenters. The van der Waals surface area contributed by atoms with Crippen LogP contribution in [-0.2, 0) is 0 Å². The number of hydrogen-bond acceptors (Lipinski definition) is 6. The summed E-state index contributed by atoms with van der Waals surface area (Å²) in [5, 5.41) is 23.9. The largest absolute Gasteiger partial charge is 0.497 e. The zero-order chi connectivity index (χ0) is 19.4. The lowest BCUT2D eigenvalue weighted by Gasteiger charge is -2.07. The highest BCUT2D eigenvalue weighted by Gasteiger charge is 2.07. The summed E-state index contributed by atoms with van der Waals surface area (Å²) < 4.78 is 10.2. The smallest absolute Gasteiger partial charge is 0.128 e. The van der Waals surface area contributed by atoms with Gasteiger partial charge in [0, 0.05) is 11.1 Å².